The SMILES string of the molecule is CCC(C)(C)[C@H]1CCc2c(sc(NC(=O)CSc3nnc(COc4ccccc4F)o3)c2C#N)C1. The molecule has 3 aromatic rings. The van der Waals surface area contributed by atoms with Gasteiger partial charge in [-0.05, 0) is 48.3 Å². The maximum Gasteiger partial charge on any atom is 0.277 e. The monoisotopic (exact) mass is 514 g/mol. The van der Waals surface area contributed by atoms with Crippen LogP contribution in [0.2, 0.25) is 0 Å². The molecule has 10 heteroatoms. The molecule has 1 aromatic carbocycles. The fraction of sp³-hybridized carbons (Fsp3) is 0.440. The molecule has 0 saturated heterocycles. The summed E-state index contributed by atoms with van der Waals surface area (Å²) in [4.78, 5) is 13.8. The molecule has 0 spiro atoms. The average molecular weight is 515 g/mol. The lowest BCUT2D eigenvalue weighted by Gasteiger charge is -2.36. The van der Waals surface area contributed by atoms with Crippen molar-refractivity contribution >= 4 is 34.0 Å². The Bertz CT molecular complexity index is 1250. The van der Waals surface area contributed by atoms with E-state index >= 15 is 0 Å². The summed E-state index contributed by atoms with van der Waals surface area (Å²) in [5.41, 5.74) is 1.92. The Labute approximate surface area is 212 Å². The molecule has 0 unspecified atom stereocenters. The van der Waals surface area contributed by atoms with E-state index in [1.165, 1.54) is 28.3 Å². The highest BCUT2D eigenvalue weighted by Crippen LogP contribution is 2.45. The van der Waals surface area contributed by atoms with Crippen LogP contribution in [-0.4, -0.2) is 21.9 Å². The third-order valence-corrected chi connectivity index (χ3v) is 8.60. The summed E-state index contributed by atoms with van der Waals surface area (Å²) in [6.45, 7) is 6.74. The number of nitrogens with one attached hydrogen (secondary N) is 1. The fourth-order valence-electron chi connectivity index (χ4n) is 4.09. The van der Waals surface area contributed by atoms with Crippen LogP contribution in [0.4, 0.5) is 9.39 Å². The van der Waals surface area contributed by atoms with Crippen LogP contribution in [-0.2, 0) is 24.2 Å². The predicted octanol–water partition coefficient (Wildman–Crippen LogP) is 5.99. The average Bonchev–Trinajstić information content (AvgIpc) is 3.45. The smallest absolute Gasteiger partial charge is 0.277 e. The van der Waals surface area contributed by atoms with Gasteiger partial charge in [-0.1, -0.05) is 51.1 Å². The minimum absolute atomic E-state index is 0.0503. The lowest BCUT2D eigenvalue weighted by Crippen LogP contribution is -2.28. The molecule has 2 heterocycles. The van der Waals surface area contributed by atoms with E-state index in [4.69, 9.17) is 9.15 Å². The molecule has 1 amide bonds. The van der Waals surface area contributed by atoms with Crippen molar-refractivity contribution in [2.45, 2.75) is 58.3 Å². The third-order valence-electron chi connectivity index (χ3n) is 6.61. The number of anilines is 1. The number of ether oxygens (including phenoxy) is 1. The van der Waals surface area contributed by atoms with E-state index in [9.17, 15) is 14.4 Å². The first kappa shape index (κ1) is 25.2. The molecule has 1 aliphatic rings. The number of hydrogen-bond donors (Lipinski definition) is 1. The number of fused-ring (bicyclic) bond motifs is 1. The van der Waals surface area contributed by atoms with Crippen LogP contribution in [0.15, 0.2) is 33.9 Å². The number of aromatic nitrogens is 2. The highest BCUT2D eigenvalue weighted by Gasteiger charge is 2.34. The van der Waals surface area contributed by atoms with Crippen LogP contribution in [0.3, 0.4) is 0 Å². The highest BCUT2D eigenvalue weighted by atomic mass is 32.2. The molecular formula is C25H27FN4O3S2. The van der Waals surface area contributed by atoms with Crippen LogP contribution in [0, 0.1) is 28.5 Å². The second-order valence-corrected chi connectivity index (χ2v) is 11.2. The molecule has 0 bridgehead atoms. The molecule has 4 rings (SSSR count). The third kappa shape index (κ3) is 5.85. The number of amides is 1. The van der Waals surface area contributed by atoms with E-state index in [0.717, 1.165) is 43.0 Å². The first-order valence-electron chi connectivity index (χ1n) is 11.5. The molecule has 1 atom stereocenters. The van der Waals surface area contributed by atoms with Gasteiger partial charge in [0.1, 0.15) is 11.1 Å². The Hall–Kier alpha value is -2.90. The molecule has 7 nitrogen and oxygen atoms in total. The number of carbonyl (C=O) groups is 1. The molecule has 1 N–H and O–H groups in total. The minimum atomic E-state index is -0.477. The summed E-state index contributed by atoms with van der Waals surface area (Å²) in [5, 5.41) is 21.2. The minimum Gasteiger partial charge on any atom is -0.481 e. The van der Waals surface area contributed by atoms with E-state index in [2.05, 4.69) is 42.4 Å². The van der Waals surface area contributed by atoms with E-state index in [0.29, 0.717) is 16.5 Å². The van der Waals surface area contributed by atoms with Gasteiger partial charge in [0, 0.05) is 4.88 Å². The molecular weight excluding hydrogens is 487 g/mol. The molecule has 1 aliphatic carbocycles. The second-order valence-electron chi connectivity index (χ2n) is 9.12. The van der Waals surface area contributed by atoms with Gasteiger partial charge >= 0.3 is 0 Å². The van der Waals surface area contributed by atoms with Crippen molar-refractivity contribution in [2.75, 3.05) is 11.1 Å². The van der Waals surface area contributed by atoms with Gasteiger partial charge in [0.05, 0.1) is 11.3 Å². The first-order chi connectivity index (χ1) is 16.8. The normalized spacial score (nSPS) is 15.3. The van der Waals surface area contributed by atoms with E-state index in [1.807, 2.05) is 0 Å². The van der Waals surface area contributed by atoms with E-state index < -0.39 is 5.82 Å². The van der Waals surface area contributed by atoms with Gasteiger partial charge in [0.2, 0.25) is 5.91 Å². The molecule has 184 valence electrons. The topological polar surface area (TPSA) is 101 Å². The fourth-order valence-corrected chi connectivity index (χ4v) is 5.97. The summed E-state index contributed by atoms with van der Waals surface area (Å²) in [6.07, 6.45) is 3.98. The number of nitriles is 1. The Morgan fingerprint density at radius 2 is 2.20 bits per heavy atom. The number of benzene rings is 1. The van der Waals surface area contributed by atoms with Gasteiger partial charge in [-0.2, -0.15) is 5.26 Å². The summed E-state index contributed by atoms with van der Waals surface area (Å²) in [7, 11) is 0. The van der Waals surface area contributed by atoms with Crippen LogP contribution in [0.5, 0.6) is 5.75 Å². The van der Waals surface area contributed by atoms with Crippen molar-refractivity contribution in [3.8, 4) is 11.8 Å². The number of nitrogens with zero attached hydrogens (tertiary/aromatic N) is 3. The Kier molecular flexibility index (Phi) is 7.77. The molecule has 0 saturated carbocycles. The molecule has 0 radical (unpaired) electrons. The van der Waals surface area contributed by atoms with Gasteiger partial charge in [-0.25, -0.2) is 4.39 Å². The zero-order chi connectivity index (χ0) is 25.0. The van der Waals surface area contributed by atoms with Crippen LogP contribution in [0.1, 0.15) is 55.5 Å². The Morgan fingerprint density at radius 3 is 2.94 bits per heavy atom. The molecule has 2 aromatic heterocycles. The van der Waals surface area contributed by atoms with Gasteiger partial charge in [-0.3, -0.25) is 4.79 Å². The van der Waals surface area contributed by atoms with E-state index in [-0.39, 0.29) is 40.5 Å². The number of hydrogen-bond acceptors (Lipinski definition) is 8. The zero-order valence-corrected chi connectivity index (χ0v) is 21.5. The number of rotatable bonds is 9. The van der Waals surface area contributed by atoms with Gasteiger partial charge < -0.3 is 14.5 Å². The van der Waals surface area contributed by atoms with Crippen molar-refractivity contribution in [2.24, 2.45) is 11.3 Å². The van der Waals surface area contributed by atoms with Crippen molar-refractivity contribution in [3.05, 3.63) is 52.0 Å². The summed E-state index contributed by atoms with van der Waals surface area (Å²) >= 11 is 2.60. The zero-order valence-electron chi connectivity index (χ0n) is 19.9. The van der Waals surface area contributed by atoms with Crippen molar-refractivity contribution in [1.82, 2.24) is 10.2 Å². The number of thiophene rings is 1. The maximum absolute atomic E-state index is 13.6. The number of halogens is 1. The Morgan fingerprint density at radius 1 is 1.40 bits per heavy atom. The Balaban J connectivity index is 1.33. The van der Waals surface area contributed by atoms with Crippen molar-refractivity contribution in [1.29, 1.82) is 5.26 Å². The lowest BCUT2D eigenvalue weighted by molar-refractivity contribution is -0.113. The molecule has 0 fully saturated rings. The lowest BCUT2D eigenvalue weighted by atomic mass is 9.69. The quantitative estimate of drug-likeness (QED) is 0.350. The van der Waals surface area contributed by atoms with Crippen molar-refractivity contribution < 1.29 is 18.3 Å². The second kappa shape index (κ2) is 10.8. The van der Waals surface area contributed by atoms with E-state index in [1.54, 1.807) is 12.1 Å². The van der Waals surface area contributed by atoms with Crippen LogP contribution >= 0.6 is 23.1 Å². The predicted molar refractivity (Wildman–Crippen MR) is 133 cm³/mol. The standard InChI is InChI=1S/C25H27FN4O3S2/c1-4-25(2,3)15-9-10-16-17(12-27)23(35-20(16)11-15)28-21(31)14-34-24-30-29-22(33-24)13-32-19-8-6-5-7-18(19)26/h5-8,15H,4,9-11,13-14H2,1-3H3,(H,28,31)/t15-/m0/s1. The van der Waals surface area contributed by atoms with Gasteiger partial charge in [0.25, 0.3) is 11.1 Å². The largest absolute Gasteiger partial charge is 0.481 e. The van der Waals surface area contributed by atoms with Gasteiger partial charge in [-0.15, -0.1) is 21.5 Å². The summed E-state index contributed by atoms with van der Waals surface area (Å²) in [6, 6.07) is 8.34. The maximum atomic E-state index is 13.6. The van der Waals surface area contributed by atoms with Crippen LogP contribution < -0.4 is 10.1 Å². The number of para-hydroxylation sites is 1. The number of thioether (sulfide) groups is 1. The summed E-state index contributed by atoms with van der Waals surface area (Å²) < 4.78 is 24.5. The van der Waals surface area contributed by atoms with Crippen molar-refractivity contribution in [3.63, 3.8) is 0 Å². The highest BCUT2D eigenvalue weighted by molar-refractivity contribution is 7.99. The number of carbonyl (C=O) groups excluding carboxylic acids is 1. The van der Waals surface area contributed by atoms with Gasteiger partial charge in [0.15, 0.2) is 18.2 Å². The summed E-state index contributed by atoms with van der Waals surface area (Å²) in [5.74, 6) is 0.162. The first-order valence-corrected chi connectivity index (χ1v) is 13.3. The molecule has 35 heavy (non-hydrogen) atoms. The van der Waals surface area contributed by atoms with Crippen LogP contribution in [0.25, 0.3) is 0 Å². The molecule has 0 aliphatic heterocycles.